The van der Waals surface area contributed by atoms with E-state index in [9.17, 15) is 47.9 Å². The minimum absolute atomic E-state index is 0.00600. The van der Waals surface area contributed by atoms with Gasteiger partial charge in [0.2, 0.25) is 0 Å². The van der Waals surface area contributed by atoms with Gasteiger partial charge in [-0.3, -0.25) is 62.6 Å². The Labute approximate surface area is 598 Å². The number of likely N-dealkylation sites (N-methyl/N-ethyl adjacent to an activating group) is 3. The van der Waals surface area contributed by atoms with Crippen LogP contribution >= 0.6 is 0 Å². The summed E-state index contributed by atoms with van der Waals surface area (Å²) in [5, 5.41) is 26.4. The van der Waals surface area contributed by atoms with Gasteiger partial charge < -0.3 is 30.5 Å². The van der Waals surface area contributed by atoms with Crippen LogP contribution in [-0.4, -0.2) is 168 Å². The van der Waals surface area contributed by atoms with Crippen LogP contribution in [-0.2, 0) is 57.4 Å². The third-order valence-corrected chi connectivity index (χ3v) is 17.2. The average molecular weight is 1390 g/mol. The molecular weight excluding hydrogens is 1270 g/mol. The van der Waals surface area contributed by atoms with Crippen LogP contribution in [0.1, 0.15) is 209 Å². The van der Waals surface area contributed by atoms with E-state index in [1.165, 1.54) is 40.3 Å². The molecule has 4 aromatic carbocycles. The average Bonchev–Trinajstić information content (AvgIpc) is 1.63. The lowest BCUT2D eigenvalue weighted by Crippen LogP contribution is -2.38. The second kappa shape index (κ2) is 48.3. The summed E-state index contributed by atoms with van der Waals surface area (Å²) < 4.78 is 10.9. The summed E-state index contributed by atoms with van der Waals surface area (Å²) in [5.41, 5.74) is 14.6. The lowest BCUT2D eigenvalue weighted by molar-refractivity contribution is -0.151. The zero-order valence-corrected chi connectivity index (χ0v) is 64.4. The molecule has 4 aromatic rings. The molecule has 0 saturated heterocycles. The van der Waals surface area contributed by atoms with Crippen LogP contribution in [0.15, 0.2) is 97.1 Å². The third kappa shape index (κ3) is 32.8. The molecule has 6 rings (SSSR count). The van der Waals surface area contributed by atoms with Gasteiger partial charge in [0.25, 0.3) is 0 Å². The molecule has 0 spiro atoms. The first-order chi connectivity index (χ1) is 46.9. The maximum Gasteiger partial charge on any atom is 0.320 e. The number of ether oxygens (including phenoxy) is 2. The van der Waals surface area contributed by atoms with Gasteiger partial charge in [-0.15, -0.1) is 0 Å². The number of Topliss-reactive ketones (excluding diaryl/α,β-unsaturated/α-hetero) is 5. The van der Waals surface area contributed by atoms with Crippen molar-refractivity contribution in [3.63, 3.8) is 0 Å². The lowest BCUT2D eigenvalue weighted by atomic mass is 9.91. The number of fused-ring (bicyclic) bond motifs is 6. The molecule has 558 valence electrons. The van der Waals surface area contributed by atoms with Crippen molar-refractivity contribution in [3.05, 3.63) is 119 Å². The van der Waals surface area contributed by atoms with Crippen molar-refractivity contribution in [3.8, 4) is 22.3 Å². The highest BCUT2D eigenvalue weighted by Crippen LogP contribution is 2.46. The Morgan fingerprint density at radius 2 is 0.620 bits per heavy atom. The Hall–Kier alpha value is -7.58. The number of benzene rings is 4. The van der Waals surface area contributed by atoms with E-state index in [1.807, 2.05) is 154 Å². The van der Waals surface area contributed by atoms with Gasteiger partial charge in [0.05, 0.1) is 42.8 Å². The van der Waals surface area contributed by atoms with Gasteiger partial charge in [0.15, 0.2) is 11.6 Å². The topological polar surface area (TPSA) is 286 Å². The van der Waals surface area contributed by atoms with E-state index in [1.54, 1.807) is 39.8 Å². The summed E-state index contributed by atoms with van der Waals surface area (Å²) in [7, 11) is 11.2. The zero-order valence-electron chi connectivity index (χ0n) is 64.4. The van der Waals surface area contributed by atoms with E-state index in [0.29, 0.717) is 56.5 Å². The first kappa shape index (κ1) is 92.4. The first-order valence-electron chi connectivity index (χ1n) is 35.6. The van der Waals surface area contributed by atoms with Gasteiger partial charge in [-0.1, -0.05) is 201 Å². The summed E-state index contributed by atoms with van der Waals surface area (Å²) in [6.07, 6.45) is 4.42. The van der Waals surface area contributed by atoms with E-state index < -0.39 is 35.7 Å². The van der Waals surface area contributed by atoms with Gasteiger partial charge in [0.1, 0.15) is 36.6 Å². The highest BCUT2D eigenvalue weighted by molar-refractivity contribution is 5.91. The molecule has 5 N–H and O–H groups in total. The fourth-order valence-electron chi connectivity index (χ4n) is 11.3. The summed E-state index contributed by atoms with van der Waals surface area (Å²) in [6.45, 7) is 30.8. The van der Waals surface area contributed by atoms with Crippen LogP contribution in [0.3, 0.4) is 0 Å². The van der Waals surface area contributed by atoms with Crippen LogP contribution in [0.5, 0.6) is 0 Å². The number of carbonyl (C=O) groups excluding carboxylic acids is 7. The number of hydrogen-bond acceptors (Lipinski definition) is 16. The maximum atomic E-state index is 12.2. The van der Waals surface area contributed by atoms with Crippen molar-refractivity contribution in [1.82, 2.24) is 14.7 Å². The molecule has 0 radical (unpaired) electrons. The van der Waals surface area contributed by atoms with Gasteiger partial charge in [0, 0.05) is 55.8 Å². The molecule has 0 saturated carbocycles. The molecule has 0 aliphatic heterocycles. The molecule has 0 heterocycles. The molecule has 19 nitrogen and oxygen atoms in total. The maximum absolute atomic E-state index is 12.2. The van der Waals surface area contributed by atoms with Crippen LogP contribution in [0, 0.1) is 41.4 Å². The number of carboxylic acids is 3. The van der Waals surface area contributed by atoms with Crippen LogP contribution in [0.25, 0.3) is 22.3 Å². The normalized spacial score (nSPS) is 14.1. The molecule has 2 aliphatic carbocycles. The first-order valence-corrected chi connectivity index (χ1v) is 35.6. The number of aliphatic carboxylic acids is 3. The zero-order chi connectivity index (χ0) is 76.8. The number of nitrogens with zero attached hydrogens (tertiary/aromatic N) is 3. The summed E-state index contributed by atoms with van der Waals surface area (Å²) in [4.78, 5) is 119. The van der Waals surface area contributed by atoms with Crippen LogP contribution in [0.2, 0.25) is 0 Å². The number of carbonyl (C=O) groups is 10. The number of hydrogen-bond donors (Lipinski definition) is 4. The third-order valence-electron chi connectivity index (χ3n) is 17.2. The molecule has 8 unspecified atom stereocenters. The van der Waals surface area contributed by atoms with Crippen molar-refractivity contribution in [2.45, 2.75) is 211 Å². The fourth-order valence-corrected chi connectivity index (χ4v) is 11.3. The molecule has 19 heteroatoms. The monoisotopic (exact) mass is 1390 g/mol. The summed E-state index contributed by atoms with van der Waals surface area (Å²) >= 11 is 0. The number of carboxylic acid groups (broad SMARTS) is 3. The Kier molecular flexibility index (Phi) is 44.6. The second-order valence-corrected chi connectivity index (χ2v) is 27.8. The molecule has 8 atom stereocenters. The van der Waals surface area contributed by atoms with Crippen molar-refractivity contribution >= 4 is 58.8 Å². The smallest absolute Gasteiger partial charge is 0.320 e. The van der Waals surface area contributed by atoms with Gasteiger partial charge in [-0.25, -0.2) is 0 Å². The Bertz CT molecular complexity index is 3100. The molecule has 0 fully saturated rings. The highest BCUT2D eigenvalue weighted by atomic mass is 16.5. The van der Waals surface area contributed by atoms with E-state index in [0.717, 1.165) is 24.0 Å². The Morgan fingerprint density at radius 3 is 0.850 bits per heavy atom. The number of esters is 2. The highest BCUT2D eigenvalue weighted by Gasteiger charge is 2.32. The van der Waals surface area contributed by atoms with Crippen molar-refractivity contribution in [1.29, 1.82) is 0 Å². The fraction of sp³-hybridized carbons (Fsp3) is 0.580. The van der Waals surface area contributed by atoms with Crippen LogP contribution < -0.4 is 5.73 Å². The van der Waals surface area contributed by atoms with Gasteiger partial charge >= 0.3 is 29.8 Å². The van der Waals surface area contributed by atoms with Crippen LogP contribution in [0.4, 0.5) is 0 Å². The standard InChI is InChI=1S/C21H22O3.C19H18O4.C14H27NO2.C12H23NO3.C8H17NO2.C5H11NO.C2H6/c1-3-20(22)14(2)12-21(23)24-13-19-17-10-6-4-8-15(17)16-9-5-7-11-18(16)19;1-12(19(21)22)10-18(20)23-11-17-15-8-4-2-6-13(15)14-7-3-5-9-16(14)17;1-7-13(16)11(4)9-14(17)12(15(5)6)8-10(2)3;1-8(2)6-10(13(4)5)11(14)7-9(3)12(15)16;1-6(2)5-7(8(10)11)9(3)4;1-3-5(7)4(2)6;1-2/h4-11,14,19H,3,12-13H2,1-2H3;2-9,12,17H,10-11H2,1H3,(H,21,22);10-12H,7-9H2,1-6H3;8-10H,6-7H2,1-5H3,(H,15,16);6-7H,5H2,1-4H3,(H,10,11);4H,3,6H2,1-2H3;1-2H3. The molecule has 0 aromatic heterocycles. The minimum Gasteiger partial charge on any atom is -0.481 e. The Morgan fingerprint density at radius 1 is 0.370 bits per heavy atom. The second-order valence-electron chi connectivity index (χ2n) is 27.8. The number of nitrogens with two attached hydrogens (primary N) is 1. The van der Waals surface area contributed by atoms with E-state index in [-0.39, 0.29) is 109 Å². The lowest BCUT2D eigenvalue weighted by Gasteiger charge is -2.25. The number of rotatable bonds is 32. The predicted molar refractivity (Wildman–Crippen MR) is 399 cm³/mol. The Balaban J connectivity index is 0.00000121. The SMILES string of the molecule is CC.CC(C)CC(C(=O)CC(C)C(=O)O)N(C)C.CC(C)CC(C(=O)O)N(C)C.CC(CC(=O)OCC1c2ccccc2-c2ccccc21)C(=O)O.CCC(=O)C(C)CC(=O)C(CC(C)C)N(C)C.CCC(=O)C(C)CC(=O)OCC1c2ccccc2-c2ccccc21.CCC(=O)C(C)N. The van der Waals surface area contributed by atoms with Gasteiger partial charge in [-0.2, -0.15) is 0 Å². The van der Waals surface area contributed by atoms with Gasteiger partial charge in [-0.05, 0) is 131 Å². The van der Waals surface area contributed by atoms with E-state index in [2.05, 4.69) is 64.1 Å². The molecule has 100 heavy (non-hydrogen) atoms. The summed E-state index contributed by atoms with van der Waals surface area (Å²) in [5.74, 6) is -3.09. The van der Waals surface area contributed by atoms with Crippen molar-refractivity contribution in [2.75, 3.05) is 55.5 Å². The van der Waals surface area contributed by atoms with Crippen molar-refractivity contribution < 1.29 is 72.7 Å². The van der Waals surface area contributed by atoms with E-state index >= 15 is 0 Å². The summed E-state index contributed by atoms with van der Waals surface area (Å²) in [6, 6.07) is 31.9. The quantitative estimate of drug-likeness (QED) is 0.0330. The molecular formula is C81H124N4O15. The molecule has 0 amide bonds. The molecule has 0 bridgehead atoms. The minimum atomic E-state index is -0.987. The number of ketones is 5. The predicted octanol–water partition coefficient (Wildman–Crippen LogP) is 14.4. The largest absolute Gasteiger partial charge is 0.481 e. The van der Waals surface area contributed by atoms with E-state index in [4.69, 9.17) is 30.5 Å². The molecule has 2 aliphatic rings. The van der Waals surface area contributed by atoms with Crippen molar-refractivity contribution in [2.24, 2.45) is 47.2 Å².